The molecule has 1 N–H and O–H groups in total. The lowest BCUT2D eigenvalue weighted by molar-refractivity contribution is 0.0531. The molecule has 0 amide bonds. The van der Waals surface area contributed by atoms with Crippen LogP contribution in [0, 0.1) is 6.92 Å². The van der Waals surface area contributed by atoms with E-state index in [4.69, 9.17) is 9.47 Å². The Morgan fingerprint density at radius 1 is 1.58 bits per heavy atom. The van der Waals surface area contributed by atoms with Crippen LogP contribution in [0.1, 0.15) is 22.3 Å². The highest BCUT2D eigenvalue weighted by Crippen LogP contribution is 2.26. The maximum Gasteiger partial charge on any atom is 0.350 e. The Balaban J connectivity index is 2.74. The highest BCUT2D eigenvalue weighted by Gasteiger charge is 2.19. The summed E-state index contributed by atoms with van der Waals surface area (Å²) in [7, 11) is 3.35. The Kier molecular flexibility index (Phi) is 6.20. The minimum absolute atomic E-state index is 0.263. The number of hydrogen-bond donors (Lipinski definition) is 1. The number of anilines is 1. The highest BCUT2D eigenvalue weighted by molar-refractivity contribution is 7.17. The van der Waals surface area contributed by atoms with Gasteiger partial charge in [-0.05, 0) is 13.8 Å². The number of aromatic nitrogens is 1. The average Bonchev–Trinajstić information content (AvgIpc) is 2.72. The summed E-state index contributed by atoms with van der Waals surface area (Å²) in [6, 6.07) is 0. The minimum atomic E-state index is -0.592. The van der Waals surface area contributed by atoms with Crippen molar-refractivity contribution in [2.45, 2.75) is 20.0 Å². The minimum Gasteiger partial charge on any atom is -0.462 e. The second kappa shape index (κ2) is 7.42. The molecule has 0 aliphatic carbocycles. The fourth-order valence-corrected chi connectivity index (χ4v) is 2.50. The molecule has 0 saturated carbocycles. The number of nitrogens with zero attached hydrogens (tertiary/aromatic N) is 2. The zero-order valence-electron chi connectivity index (χ0n) is 11.7. The second-order valence-corrected chi connectivity index (χ2v) is 5.10. The zero-order chi connectivity index (χ0) is 14.4. The highest BCUT2D eigenvalue weighted by atomic mass is 32.1. The van der Waals surface area contributed by atoms with E-state index in [1.807, 2.05) is 7.05 Å². The molecule has 0 unspecified atom stereocenters. The average molecular weight is 288 g/mol. The number of hydrogen-bond acceptors (Lipinski definition) is 7. The lowest BCUT2D eigenvalue weighted by Gasteiger charge is -2.19. The smallest absolute Gasteiger partial charge is 0.350 e. The van der Waals surface area contributed by atoms with Crippen LogP contribution in [-0.2, 0) is 9.47 Å². The molecular formula is C12H20N2O4S. The molecule has 0 radical (unpaired) electrons. The fourth-order valence-electron chi connectivity index (χ4n) is 1.57. The van der Waals surface area contributed by atoms with Gasteiger partial charge in [0.25, 0.3) is 0 Å². The number of ether oxygens (including phenoxy) is 2. The first-order chi connectivity index (χ1) is 8.99. The van der Waals surface area contributed by atoms with Crippen molar-refractivity contribution >= 4 is 22.4 Å². The third-order valence-corrected chi connectivity index (χ3v) is 3.67. The van der Waals surface area contributed by atoms with Gasteiger partial charge in [0.2, 0.25) is 0 Å². The Labute approximate surface area is 117 Å². The van der Waals surface area contributed by atoms with E-state index in [-0.39, 0.29) is 12.6 Å². The normalized spacial score (nSPS) is 12.3. The van der Waals surface area contributed by atoms with Crippen LogP contribution in [0.4, 0.5) is 5.13 Å². The van der Waals surface area contributed by atoms with E-state index in [2.05, 4.69) is 4.98 Å². The lowest BCUT2D eigenvalue weighted by Crippen LogP contribution is -2.31. The molecule has 0 bridgehead atoms. The van der Waals surface area contributed by atoms with E-state index < -0.39 is 6.10 Å². The lowest BCUT2D eigenvalue weighted by atomic mass is 10.3. The van der Waals surface area contributed by atoms with E-state index in [1.165, 1.54) is 18.4 Å². The molecule has 1 aromatic heterocycles. The Morgan fingerprint density at radius 2 is 2.26 bits per heavy atom. The Bertz CT molecular complexity index is 422. The van der Waals surface area contributed by atoms with Crippen LogP contribution in [0.2, 0.25) is 0 Å². The molecule has 0 aromatic carbocycles. The van der Waals surface area contributed by atoms with Crippen molar-refractivity contribution in [3.05, 3.63) is 10.6 Å². The van der Waals surface area contributed by atoms with E-state index in [0.29, 0.717) is 28.9 Å². The van der Waals surface area contributed by atoms with Crippen molar-refractivity contribution in [3.8, 4) is 0 Å². The first kappa shape index (κ1) is 15.9. The van der Waals surface area contributed by atoms with Crippen LogP contribution < -0.4 is 4.90 Å². The van der Waals surface area contributed by atoms with Crippen molar-refractivity contribution in [2.75, 3.05) is 38.8 Å². The molecule has 0 saturated heterocycles. The summed E-state index contributed by atoms with van der Waals surface area (Å²) in [5.41, 5.74) is 0.645. The van der Waals surface area contributed by atoms with E-state index in [9.17, 15) is 9.90 Å². The SMILES string of the molecule is CCOC(=O)c1sc(N(C)C[C@H](O)COC)nc1C. The number of aryl methyl sites for hydroxylation is 1. The number of esters is 1. The summed E-state index contributed by atoms with van der Waals surface area (Å²) in [5.74, 6) is -0.352. The van der Waals surface area contributed by atoms with Crippen molar-refractivity contribution in [1.29, 1.82) is 0 Å². The number of likely N-dealkylation sites (N-methyl/N-ethyl adjacent to an activating group) is 1. The monoisotopic (exact) mass is 288 g/mol. The van der Waals surface area contributed by atoms with Crippen LogP contribution in [0.15, 0.2) is 0 Å². The quantitative estimate of drug-likeness (QED) is 0.757. The molecule has 0 spiro atoms. The molecule has 0 aliphatic heterocycles. The molecule has 1 atom stereocenters. The van der Waals surface area contributed by atoms with Gasteiger partial charge in [0.15, 0.2) is 5.13 Å². The summed E-state index contributed by atoms with van der Waals surface area (Å²) in [6.45, 7) is 4.53. The summed E-state index contributed by atoms with van der Waals surface area (Å²) in [4.78, 5) is 18.3. The van der Waals surface area contributed by atoms with Gasteiger partial charge in [-0.1, -0.05) is 11.3 Å². The molecule has 0 fully saturated rings. The predicted molar refractivity (Wildman–Crippen MR) is 74.0 cm³/mol. The van der Waals surface area contributed by atoms with Crippen LogP contribution >= 0.6 is 11.3 Å². The largest absolute Gasteiger partial charge is 0.462 e. The zero-order valence-corrected chi connectivity index (χ0v) is 12.5. The van der Waals surface area contributed by atoms with Gasteiger partial charge in [0, 0.05) is 20.7 Å². The number of rotatable bonds is 7. The van der Waals surface area contributed by atoms with Gasteiger partial charge in [0.1, 0.15) is 4.88 Å². The molecule has 7 heteroatoms. The summed E-state index contributed by atoms with van der Waals surface area (Å²) < 4.78 is 9.84. The van der Waals surface area contributed by atoms with Gasteiger partial charge in [-0.15, -0.1) is 0 Å². The molecule has 0 aliphatic rings. The van der Waals surface area contributed by atoms with E-state index >= 15 is 0 Å². The standard InChI is InChI=1S/C12H20N2O4S/c1-5-18-11(16)10-8(2)13-12(19-10)14(3)6-9(15)7-17-4/h9,15H,5-7H2,1-4H3/t9-/m0/s1. The molecule has 108 valence electrons. The molecule has 1 heterocycles. The second-order valence-electron chi connectivity index (χ2n) is 4.12. The van der Waals surface area contributed by atoms with Crippen molar-refractivity contribution in [2.24, 2.45) is 0 Å². The van der Waals surface area contributed by atoms with E-state index in [1.54, 1.807) is 18.7 Å². The van der Waals surface area contributed by atoms with Crippen molar-refractivity contribution < 1.29 is 19.4 Å². The number of aliphatic hydroxyl groups is 1. The maximum atomic E-state index is 11.7. The van der Waals surface area contributed by atoms with Gasteiger partial charge < -0.3 is 19.5 Å². The number of carbonyl (C=O) groups excluding carboxylic acids is 1. The topological polar surface area (TPSA) is 71.9 Å². The van der Waals surface area contributed by atoms with Crippen LogP contribution in [0.3, 0.4) is 0 Å². The Morgan fingerprint density at radius 3 is 2.84 bits per heavy atom. The van der Waals surface area contributed by atoms with Gasteiger partial charge in [0.05, 0.1) is 25.0 Å². The number of thiazole rings is 1. The molecule has 1 aromatic rings. The van der Waals surface area contributed by atoms with Crippen molar-refractivity contribution in [1.82, 2.24) is 4.98 Å². The number of carbonyl (C=O) groups is 1. The van der Waals surface area contributed by atoms with Gasteiger partial charge in [-0.25, -0.2) is 9.78 Å². The third-order valence-electron chi connectivity index (χ3n) is 2.42. The van der Waals surface area contributed by atoms with Gasteiger partial charge >= 0.3 is 5.97 Å². The predicted octanol–water partition coefficient (Wildman–Crippen LogP) is 1.07. The molecule has 6 nitrogen and oxygen atoms in total. The molecular weight excluding hydrogens is 268 g/mol. The number of methoxy groups -OCH3 is 1. The third kappa shape index (κ3) is 4.45. The summed E-state index contributed by atoms with van der Waals surface area (Å²) in [5, 5.41) is 10.3. The molecule has 1 rings (SSSR count). The first-order valence-electron chi connectivity index (χ1n) is 6.02. The van der Waals surface area contributed by atoms with Crippen molar-refractivity contribution in [3.63, 3.8) is 0 Å². The van der Waals surface area contributed by atoms with Crippen LogP contribution in [0.5, 0.6) is 0 Å². The number of aliphatic hydroxyl groups excluding tert-OH is 1. The van der Waals surface area contributed by atoms with Crippen LogP contribution in [0.25, 0.3) is 0 Å². The summed E-state index contributed by atoms with van der Waals surface area (Å²) >= 11 is 1.26. The van der Waals surface area contributed by atoms with Crippen LogP contribution in [-0.4, -0.2) is 56.1 Å². The first-order valence-corrected chi connectivity index (χ1v) is 6.83. The maximum absolute atomic E-state index is 11.7. The Hall–Kier alpha value is -1.18. The van der Waals surface area contributed by atoms with Gasteiger partial charge in [-0.2, -0.15) is 0 Å². The molecule has 19 heavy (non-hydrogen) atoms. The van der Waals surface area contributed by atoms with E-state index in [0.717, 1.165) is 0 Å². The summed E-state index contributed by atoms with van der Waals surface area (Å²) in [6.07, 6.45) is -0.592. The van der Waals surface area contributed by atoms with Gasteiger partial charge in [-0.3, -0.25) is 0 Å². The fraction of sp³-hybridized carbons (Fsp3) is 0.667.